The molecule has 0 N–H and O–H groups in total. The molecule has 2 heterocycles. The second kappa shape index (κ2) is 10.2. The average Bonchev–Trinajstić information content (AvgIpc) is 3.82. The van der Waals surface area contributed by atoms with Crippen molar-refractivity contribution in [1.82, 2.24) is 4.40 Å². The third kappa shape index (κ3) is 3.67. The van der Waals surface area contributed by atoms with Crippen LogP contribution in [0.4, 0.5) is 17.1 Å². The predicted octanol–water partition coefficient (Wildman–Crippen LogP) is 14.1. The van der Waals surface area contributed by atoms with Gasteiger partial charge >= 0.3 is 0 Å². The Morgan fingerprint density at radius 3 is 1.70 bits per heavy atom. The Balaban J connectivity index is 1.25. The van der Waals surface area contributed by atoms with Gasteiger partial charge in [-0.1, -0.05) is 147 Å². The van der Waals surface area contributed by atoms with E-state index in [1.807, 2.05) is 0 Å². The number of hydrogen-bond acceptors (Lipinski definition) is 1. The summed E-state index contributed by atoms with van der Waals surface area (Å²) >= 11 is 0. The Kier molecular flexibility index (Phi) is 5.60. The molecule has 0 radical (unpaired) electrons. The van der Waals surface area contributed by atoms with Gasteiger partial charge in [-0.05, 0) is 85.4 Å². The minimum atomic E-state index is -0.119. The number of benzene rings is 9. The molecular formula is C51H34N2. The molecular weight excluding hydrogens is 641 g/mol. The van der Waals surface area contributed by atoms with Crippen LogP contribution in [-0.4, -0.2) is 4.40 Å². The molecule has 2 aromatic heterocycles. The first-order valence-electron chi connectivity index (χ1n) is 18.6. The van der Waals surface area contributed by atoms with E-state index in [1.165, 1.54) is 104 Å². The lowest BCUT2D eigenvalue weighted by molar-refractivity contribution is 0.660. The molecule has 11 aromatic rings. The Morgan fingerprint density at radius 2 is 0.962 bits per heavy atom. The minimum absolute atomic E-state index is 0.119. The molecule has 0 bridgehead atoms. The van der Waals surface area contributed by atoms with Crippen LogP contribution in [0.1, 0.15) is 25.0 Å². The molecule has 9 aromatic carbocycles. The van der Waals surface area contributed by atoms with Gasteiger partial charge in [0.2, 0.25) is 0 Å². The molecule has 53 heavy (non-hydrogen) atoms. The van der Waals surface area contributed by atoms with Gasteiger partial charge in [-0.25, -0.2) is 0 Å². The third-order valence-corrected chi connectivity index (χ3v) is 12.3. The zero-order chi connectivity index (χ0) is 35.0. The van der Waals surface area contributed by atoms with E-state index in [4.69, 9.17) is 0 Å². The first-order valence-corrected chi connectivity index (χ1v) is 18.6. The van der Waals surface area contributed by atoms with Crippen LogP contribution in [0.3, 0.4) is 0 Å². The topological polar surface area (TPSA) is 7.65 Å². The fourth-order valence-electron chi connectivity index (χ4n) is 9.99. The van der Waals surface area contributed by atoms with Gasteiger partial charge in [-0.2, -0.15) is 0 Å². The van der Waals surface area contributed by atoms with Gasteiger partial charge in [0.25, 0.3) is 0 Å². The summed E-state index contributed by atoms with van der Waals surface area (Å²) in [5.41, 5.74) is 12.6. The van der Waals surface area contributed by atoms with Crippen molar-refractivity contribution in [2.24, 2.45) is 0 Å². The summed E-state index contributed by atoms with van der Waals surface area (Å²) in [6.07, 6.45) is 0. The number of rotatable bonds is 3. The van der Waals surface area contributed by atoms with Gasteiger partial charge in [0.1, 0.15) is 0 Å². The lowest BCUT2D eigenvalue weighted by atomic mass is 9.82. The van der Waals surface area contributed by atoms with Crippen LogP contribution in [0.2, 0.25) is 0 Å². The molecule has 2 heteroatoms. The molecule has 0 saturated heterocycles. The third-order valence-electron chi connectivity index (χ3n) is 12.3. The zero-order valence-electron chi connectivity index (χ0n) is 29.6. The molecule has 0 amide bonds. The van der Waals surface area contributed by atoms with Crippen LogP contribution in [0, 0.1) is 0 Å². The van der Waals surface area contributed by atoms with Crippen molar-refractivity contribution in [1.29, 1.82) is 0 Å². The number of anilines is 3. The maximum absolute atomic E-state index is 2.57. The van der Waals surface area contributed by atoms with E-state index in [2.05, 4.69) is 193 Å². The summed E-state index contributed by atoms with van der Waals surface area (Å²) in [6, 6.07) is 63.4. The molecule has 1 aliphatic carbocycles. The number of hydrogen-bond donors (Lipinski definition) is 0. The molecule has 248 valence electrons. The van der Waals surface area contributed by atoms with Crippen molar-refractivity contribution in [2.75, 3.05) is 4.90 Å². The van der Waals surface area contributed by atoms with E-state index in [-0.39, 0.29) is 5.41 Å². The maximum Gasteiger partial charge on any atom is 0.0641 e. The Hall–Kier alpha value is -6.64. The van der Waals surface area contributed by atoms with Gasteiger partial charge in [0, 0.05) is 38.2 Å². The highest BCUT2D eigenvalue weighted by molar-refractivity contribution is 6.29. The van der Waals surface area contributed by atoms with Crippen LogP contribution in [-0.2, 0) is 5.41 Å². The van der Waals surface area contributed by atoms with Crippen LogP contribution in [0.5, 0.6) is 0 Å². The summed E-state index contributed by atoms with van der Waals surface area (Å²) in [5.74, 6) is 0. The Labute approximate surface area is 307 Å². The fraction of sp³-hybridized carbons (Fsp3) is 0.0588. The predicted molar refractivity (Wildman–Crippen MR) is 226 cm³/mol. The normalized spacial score (nSPS) is 13.6. The van der Waals surface area contributed by atoms with E-state index < -0.39 is 0 Å². The quantitative estimate of drug-likeness (QED) is 0.169. The van der Waals surface area contributed by atoms with E-state index in [1.54, 1.807) is 0 Å². The molecule has 1 aliphatic rings. The Bertz CT molecular complexity index is 3290. The fourth-order valence-corrected chi connectivity index (χ4v) is 9.99. The molecule has 12 rings (SSSR count). The number of nitrogens with zero attached hydrogens (tertiary/aromatic N) is 2. The van der Waals surface area contributed by atoms with Crippen molar-refractivity contribution in [3.63, 3.8) is 0 Å². The molecule has 0 saturated carbocycles. The number of aromatic nitrogens is 1. The average molecular weight is 675 g/mol. The number of fused-ring (bicyclic) bond motifs is 15. The Morgan fingerprint density at radius 1 is 0.415 bits per heavy atom. The molecule has 2 nitrogen and oxygen atoms in total. The summed E-state index contributed by atoms with van der Waals surface area (Å²) < 4.78 is 2.49. The molecule has 0 unspecified atom stereocenters. The van der Waals surface area contributed by atoms with E-state index in [0.29, 0.717) is 0 Å². The molecule has 0 fully saturated rings. The lowest BCUT2D eigenvalue weighted by Gasteiger charge is -2.30. The van der Waals surface area contributed by atoms with Crippen molar-refractivity contribution in [2.45, 2.75) is 19.3 Å². The molecule has 0 aliphatic heterocycles. The molecule has 0 atom stereocenters. The van der Waals surface area contributed by atoms with Crippen LogP contribution in [0.25, 0.3) is 81.5 Å². The number of para-hydroxylation sites is 2. The highest BCUT2D eigenvalue weighted by atomic mass is 15.2. The highest BCUT2D eigenvalue weighted by Gasteiger charge is 2.38. The van der Waals surface area contributed by atoms with Gasteiger partial charge in [-0.15, -0.1) is 0 Å². The van der Waals surface area contributed by atoms with E-state index in [9.17, 15) is 0 Å². The maximum atomic E-state index is 2.57. The van der Waals surface area contributed by atoms with Crippen molar-refractivity contribution in [3.8, 4) is 11.1 Å². The van der Waals surface area contributed by atoms with Crippen LogP contribution in [0.15, 0.2) is 170 Å². The van der Waals surface area contributed by atoms with Gasteiger partial charge in [-0.3, -0.25) is 0 Å². The monoisotopic (exact) mass is 674 g/mol. The summed E-state index contributed by atoms with van der Waals surface area (Å²) in [6.45, 7) is 4.75. The van der Waals surface area contributed by atoms with Gasteiger partial charge < -0.3 is 9.30 Å². The standard InChI is InChI=1S/C51H34N2/c1-51(2)42-21-10-7-19-39(42)48-43(51)22-13-25-46(48)52(31-26-27-36-34-16-4-3-14-32(34)33-15-5-6-17-35(33)41(36)30-31)47-29-28-38-37-18-8-11-23-44(37)53-45-24-12-9-20-40(45)49(47)50(38)53/h3-30H,1-2H3. The highest BCUT2D eigenvalue weighted by Crippen LogP contribution is 2.56. The summed E-state index contributed by atoms with van der Waals surface area (Å²) in [5, 5.41) is 12.8. The van der Waals surface area contributed by atoms with Crippen LogP contribution < -0.4 is 4.90 Å². The lowest BCUT2D eigenvalue weighted by Crippen LogP contribution is -2.16. The van der Waals surface area contributed by atoms with Crippen molar-refractivity contribution >= 4 is 87.5 Å². The zero-order valence-corrected chi connectivity index (χ0v) is 29.6. The van der Waals surface area contributed by atoms with E-state index in [0.717, 1.165) is 5.69 Å². The van der Waals surface area contributed by atoms with E-state index >= 15 is 0 Å². The largest absolute Gasteiger partial charge is 0.309 e. The first-order chi connectivity index (χ1) is 26.1. The second-order valence-electron chi connectivity index (χ2n) is 15.3. The summed E-state index contributed by atoms with van der Waals surface area (Å²) in [4.78, 5) is 2.57. The van der Waals surface area contributed by atoms with Crippen molar-refractivity contribution < 1.29 is 0 Å². The summed E-state index contributed by atoms with van der Waals surface area (Å²) in [7, 11) is 0. The minimum Gasteiger partial charge on any atom is -0.309 e. The van der Waals surface area contributed by atoms with Crippen LogP contribution >= 0.6 is 0 Å². The first kappa shape index (κ1) is 29.0. The molecule has 0 spiro atoms. The van der Waals surface area contributed by atoms with Crippen molar-refractivity contribution in [3.05, 3.63) is 181 Å². The van der Waals surface area contributed by atoms with Gasteiger partial charge in [0.15, 0.2) is 0 Å². The second-order valence-corrected chi connectivity index (χ2v) is 15.3. The SMILES string of the molecule is CC1(C)c2ccccc2-c2c(N(c3ccc4c5ccccc5c5ccccc5c4c3)c3ccc4c5ccccc5n5c6ccccc6c3c45)cccc21. The van der Waals surface area contributed by atoms with Gasteiger partial charge in [0.05, 0.1) is 27.9 Å². The smallest absolute Gasteiger partial charge is 0.0641 e.